The van der Waals surface area contributed by atoms with Crippen LogP contribution in [-0.2, 0) is 15.1 Å². The lowest BCUT2D eigenvalue weighted by atomic mass is 9.73. The fourth-order valence-electron chi connectivity index (χ4n) is 3.80. The highest BCUT2D eigenvalue weighted by molar-refractivity contribution is 6.18. The fourth-order valence-corrected chi connectivity index (χ4v) is 3.80. The molecule has 3 atom stereocenters. The molecular formula is C19H15FN2O4. The molecular weight excluding hydrogens is 339 g/mol. The van der Waals surface area contributed by atoms with E-state index in [1.807, 2.05) is 0 Å². The highest BCUT2D eigenvalue weighted by Crippen LogP contribution is 2.47. The molecule has 0 spiro atoms. The largest absolute Gasteiger partial charge is 0.382 e. The lowest BCUT2D eigenvalue weighted by Crippen LogP contribution is -2.52. The number of nitrogens with zero attached hydrogens (tertiary/aromatic N) is 1. The number of halogens is 1. The molecule has 0 radical (unpaired) electrons. The highest BCUT2D eigenvalue weighted by Gasteiger charge is 2.62. The molecule has 0 bridgehead atoms. The molecule has 2 heterocycles. The molecule has 1 saturated heterocycles. The van der Waals surface area contributed by atoms with Crippen LogP contribution in [0.15, 0.2) is 48.5 Å². The van der Waals surface area contributed by atoms with Crippen LogP contribution in [0.4, 0.5) is 10.1 Å². The van der Waals surface area contributed by atoms with Crippen molar-refractivity contribution < 1.29 is 23.9 Å². The number of rotatable bonds is 2. The van der Waals surface area contributed by atoms with E-state index in [0.29, 0.717) is 16.8 Å². The van der Waals surface area contributed by atoms with Crippen LogP contribution in [0, 0.1) is 11.7 Å². The van der Waals surface area contributed by atoms with Gasteiger partial charge in [0.2, 0.25) is 5.91 Å². The molecule has 2 aromatic rings. The third-order valence-corrected chi connectivity index (χ3v) is 5.12. The number of anilines is 1. The summed E-state index contributed by atoms with van der Waals surface area (Å²) < 4.78 is 13.4. The number of aliphatic hydroxyl groups is 1. The molecule has 26 heavy (non-hydrogen) atoms. The van der Waals surface area contributed by atoms with E-state index >= 15 is 0 Å². The zero-order valence-corrected chi connectivity index (χ0v) is 13.8. The van der Waals surface area contributed by atoms with Gasteiger partial charge in [-0.1, -0.05) is 24.3 Å². The summed E-state index contributed by atoms with van der Waals surface area (Å²) in [6.07, 6.45) is -1.68. The summed E-state index contributed by atoms with van der Waals surface area (Å²) in [4.78, 5) is 39.0. The maximum atomic E-state index is 13.4. The van der Waals surface area contributed by atoms with Crippen LogP contribution in [0.2, 0.25) is 0 Å². The van der Waals surface area contributed by atoms with Gasteiger partial charge in [0, 0.05) is 18.3 Å². The number of aliphatic hydroxyl groups excluding tert-OH is 1. The van der Waals surface area contributed by atoms with Crippen molar-refractivity contribution in [2.75, 3.05) is 12.4 Å². The summed E-state index contributed by atoms with van der Waals surface area (Å²) in [5.74, 6) is -3.74. The summed E-state index contributed by atoms with van der Waals surface area (Å²) in [5, 5.41) is 13.5. The molecule has 2 aromatic carbocycles. The van der Waals surface area contributed by atoms with E-state index in [0.717, 1.165) is 4.90 Å². The quantitative estimate of drug-likeness (QED) is 0.794. The number of amides is 2. The Kier molecular flexibility index (Phi) is 3.45. The number of carbonyl (C=O) groups is 3. The van der Waals surface area contributed by atoms with Gasteiger partial charge in [-0.05, 0) is 29.8 Å². The molecule has 1 fully saturated rings. The van der Waals surface area contributed by atoms with Gasteiger partial charge in [-0.25, -0.2) is 4.39 Å². The third kappa shape index (κ3) is 1.97. The van der Waals surface area contributed by atoms with Crippen molar-refractivity contribution in [3.05, 3.63) is 65.5 Å². The van der Waals surface area contributed by atoms with Crippen molar-refractivity contribution in [1.82, 2.24) is 4.90 Å². The van der Waals surface area contributed by atoms with E-state index in [1.165, 1.54) is 31.3 Å². The van der Waals surface area contributed by atoms with E-state index in [4.69, 9.17) is 0 Å². The predicted molar refractivity (Wildman–Crippen MR) is 89.7 cm³/mol. The van der Waals surface area contributed by atoms with Gasteiger partial charge in [0.15, 0.2) is 5.78 Å². The molecule has 2 amide bonds. The number of para-hydroxylation sites is 1. The Morgan fingerprint density at radius 1 is 1.04 bits per heavy atom. The predicted octanol–water partition coefficient (Wildman–Crippen LogP) is 1.31. The normalized spacial score (nSPS) is 27.7. The Morgan fingerprint density at radius 3 is 2.27 bits per heavy atom. The monoisotopic (exact) mass is 354 g/mol. The van der Waals surface area contributed by atoms with E-state index in [2.05, 4.69) is 5.32 Å². The Hall–Kier alpha value is -3.06. The minimum Gasteiger partial charge on any atom is -0.382 e. The van der Waals surface area contributed by atoms with E-state index < -0.39 is 41.0 Å². The van der Waals surface area contributed by atoms with Crippen molar-refractivity contribution in [2.45, 2.75) is 11.6 Å². The smallest absolute Gasteiger partial charge is 0.258 e. The summed E-state index contributed by atoms with van der Waals surface area (Å²) in [7, 11) is 1.26. The summed E-state index contributed by atoms with van der Waals surface area (Å²) in [6, 6.07) is 11.8. The average molecular weight is 354 g/mol. The lowest BCUT2D eigenvalue weighted by Gasteiger charge is -2.34. The van der Waals surface area contributed by atoms with E-state index in [-0.39, 0.29) is 0 Å². The molecule has 2 aliphatic rings. The second-order valence-corrected chi connectivity index (χ2v) is 6.47. The number of Topliss-reactive ketones (excluding diaryl/α,β-unsaturated/α-hetero) is 1. The number of benzene rings is 2. The van der Waals surface area contributed by atoms with Crippen molar-refractivity contribution in [3.8, 4) is 0 Å². The van der Waals surface area contributed by atoms with Crippen LogP contribution in [0.3, 0.4) is 0 Å². The zero-order valence-electron chi connectivity index (χ0n) is 13.8. The number of likely N-dealkylation sites (tertiary alicyclic amines) is 1. The van der Waals surface area contributed by atoms with Gasteiger partial charge in [0.25, 0.3) is 5.91 Å². The zero-order chi connectivity index (χ0) is 18.6. The minimum atomic E-state index is -1.69. The summed E-state index contributed by atoms with van der Waals surface area (Å²) in [5.41, 5.74) is -0.544. The summed E-state index contributed by atoms with van der Waals surface area (Å²) in [6.45, 7) is 0. The van der Waals surface area contributed by atoms with Crippen LogP contribution in [-0.4, -0.2) is 40.8 Å². The van der Waals surface area contributed by atoms with Crippen LogP contribution < -0.4 is 5.32 Å². The first kappa shape index (κ1) is 16.4. The second-order valence-electron chi connectivity index (χ2n) is 6.47. The third-order valence-electron chi connectivity index (χ3n) is 5.12. The number of nitrogens with one attached hydrogen (secondary N) is 1. The molecule has 2 aliphatic heterocycles. The van der Waals surface area contributed by atoms with Gasteiger partial charge >= 0.3 is 0 Å². The SMILES string of the molecule is CN1C(=O)C(O)C(C2(c3ccc(F)cc3)Nc3ccccc3C2=O)C1=O. The fraction of sp³-hybridized carbons (Fsp3) is 0.211. The summed E-state index contributed by atoms with van der Waals surface area (Å²) >= 11 is 0. The first-order valence-corrected chi connectivity index (χ1v) is 8.05. The van der Waals surface area contributed by atoms with Gasteiger partial charge in [-0.2, -0.15) is 0 Å². The molecule has 0 aromatic heterocycles. The minimum absolute atomic E-state index is 0.306. The van der Waals surface area contributed by atoms with Crippen LogP contribution in [0.1, 0.15) is 15.9 Å². The van der Waals surface area contributed by atoms with Crippen molar-refractivity contribution in [3.63, 3.8) is 0 Å². The Bertz CT molecular complexity index is 943. The first-order chi connectivity index (χ1) is 12.4. The number of ketones is 1. The number of hydrogen-bond donors (Lipinski definition) is 2. The standard InChI is InChI=1S/C19H15FN2O4/c1-22-17(25)14(15(23)18(22)26)19(10-6-8-11(20)9-7-10)16(24)12-4-2-3-5-13(12)21-19/h2-9,14-15,21,23H,1H3. The molecule has 4 rings (SSSR count). The second kappa shape index (κ2) is 5.47. The molecule has 0 saturated carbocycles. The van der Waals surface area contributed by atoms with E-state index in [9.17, 15) is 23.9 Å². The van der Waals surface area contributed by atoms with Gasteiger partial charge in [0.1, 0.15) is 23.4 Å². The van der Waals surface area contributed by atoms with E-state index in [1.54, 1.807) is 24.3 Å². The van der Waals surface area contributed by atoms with Crippen LogP contribution >= 0.6 is 0 Å². The Labute approximate surface area is 148 Å². The maximum absolute atomic E-state index is 13.4. The number of fused-ring (bicyclic) bond motifs is 1. The van der Waals surface area contributed by atoms with Gasteiger partial charge < -0.3 is 10.4 Å². The van der Waals surface area contributed by atoms with Crippen molar-refractivity contribution >= 4 is 23.3 Å². The topological polar surface area (TPSA) is 86.7 Å². The van der Waals surface area contributed by atoms with Gasteiger partial charge in [-0.3, -0.25) is 19.3 Å². The van der Waals surface area contributed by atoms with Gasteiger partial charge in [-0.15, -0.1) is 0 Å². The van der Waals surface area contributed by atoms with Crippen LogP contribution in [0.5, 0.6) is 0 Å². The average Bonchev–Trinajstić information content (AvgIpc) is 3.04. The highest BCUT2D eigenvalue weighted by atomic mass is 19.1. The number of hydrogen-bond acceptors (Lipinski definition) is 5. The number of likely N-dealkylation sites (N-methyl/N-ethyl adjacent to an activating group) is 1. The Morgan fingerprint density at radius 2 is 1.69 bits per heavy atom. The lowest BCUT2D eigenvalue weighted by molar-refractivity contribution is -0.139. The molecule has 3 unspecified atom stereocenters. The van der Waals surface area contributed by atoms with Crippen molar-refractivity contribution in [2.24, 2.45) is 5.92 Å². The van der Waals surface area contributed by atoms with Crippen molar-refractivity contribution in [1.29, 1.82) is 0 Å². The number of carbonyl (C=O) groups excluding carboxylic acids is 3. The van der Waals surface area contributed by atoms with Crippen LogP contribution in [0.25, 0.3) is 0 Å². The molecule has 0 aliphatic carbocycles. The van der Waals surface area contributed by atoms with Gasteiger partial charge in [0.05, 0.1) is 0 Å². The molecule has 2 N–H and O–H groups in total. The maximum Gasteiger partial charge on any atom is 0.258 e. The molecule has 7 heteroatoms. The molecule has 132 valence electrons. The molecule has 6 nitrogen and oxygen atoms in total. The first-order valence-electron chi connectivity index (χ1n) is 8.05. The number of imide groups is 1. The Balaban J connectivity index is 1.96.